The van der Waals surface area contributed by atoms with Crippen LogP contribution in [-0.2, 0) is 21.4 Å². The zero-order chi connectivity index (χ0) is 23.6. The maximum Gasteiger partial charge on any atom is 0.241 e. The van der Waals surface area contributed by atoms with Gasteiger partial charge in [-0.1, -0.05) is 42.5 Å². The molecule has 172 valence electrons. The zero-order valence-corrected chi connectivity index (χ0v) is 19.8. The van der Waals surface area contributed by atoms with Crippen molar-refractivity contribution in [2.75, 3.05) is 5.32 Å². The SMILES string of the molecule is CC(=O)Nc1ccc(S(=O)(=O)NC2C=CC(c3c(C)nn(Cc4ccccc4)c3C)C2)cc1. The van der Waals surface area contributed by atoms with E-state index in [9.17, 15) is 13.2 Å². The Hall–Kier alpha value is -3.23. The molecular formula is C25H28N4O3S. The number of anilines is 1. The lowest BCUT2D eigenvalue weighted by Crippen LogP contribution is -2.32. The van der Waals surface area contributed by atoms with E-state index in [0.29, 0.717) is 18.7 Å². The fourth-order valence-corrected chi connectivity index (χ4v) is 5.55. The van der Waals surface area contributed by atoms with E-state index in [1.807, 2.05) is 35.9 Å². The van der Waals surface area contributed by atoms with Gasteiger partial charge in [-0.15, -0.1) is 0 Å². The lowest BCUT2D eigenvalue weighted by molar-refractivity contribution is -0.114. The van der Waals surface area contributed by atoms with Crippen LogP contribution in [0.15, 0.2) is 71.6 Å². The Morgan fingerprint density at radius 2 is 1.76 bits per heavy atom. The molecule has 0 radical (unpaired) electrons. The van der Waals surface area contributed by atoms with Crippen molar-refractivity contribution in [1.29, 1.82) is 0 Å². The van der Waals surface area contributed by atoms with Gasteiger partial charge in [0.15, 0.2) is 0 Å². The van der Waals surface area contributed by atoms with E-state index >= 15 is 0 Å². The van der Waals surface area contributed by atoms with E-state index in [4.69, 9.17) is 5.10 Å². The average Bonchev–Trinajstić information content (AvgIpc) is 3.31. The van der Waals surface area contributed by atoms with Gasteiger partial charge in [0.1, 0.15) is 0 Å². The Balaban J connectivity index is 1.44. The highest BCUT2D eigenvalue weighted by molar-refractivity contribution is 7.89. The molecule has 0 saturated carbocycles. The molecule has 1 aliphatic carbocycles. The van der Waals surface area contributed by atoms with Crippen LogP contribution in [0.5, 0.6) is 0 Å². The number of hydrogen-bond donors (Lipinski definition) is 2. The Bertz CT molecular complexity index is 1280. The van der Waals surface area contributed by atoms with Gasteiger partial charge >= 0.3 is 0 Å². The van der Waals surface area contributed by atoms with Gasteiger partial charge in [-0.3, -0.25) is 9.48 Å². The standard InChI is InChI=1S/C25H28N4O3S/c1-17-25(18(2)29(27-17)16-20-7-5-4-6-8-20)21-9-10-23(15-21)28-33(31,32)24-13-11-22(12-14-24)26-19(3)30/h4-14,21,23,28H,15-16H2,1-3H3,(H,26,30). The van der Waals surface area contributed by atoms with Crippen molar-refractivity contribution in [3.05, 3.63) is 89.3 Å². The molecule has 33 heavy (non-hydrogen) atoms. The molecule has 2 atom stereocenters. The number of amides is 1. The molecule has 1 heterocycles. The highest BCUT2D eigenvalue weighted by atomic mass is 32.2. The van der Waals surface area contributed by atoms with Crippen LogP contribution in [0.1, 0.15) is 41.8 Å². The molecule has 1 aliphatic rings. The number of rotatable bonds is 7. The minimum Gasteiger partial charge on any atom is -0.326 e. The third kappa shape index (κ3) is 5.23. The number of carbonyl (C=O) groups excluding carboxylic acids is 1. The average molecular weight is 465 g/mol. The van der Waals surface area contributed by atoms with Crippen LogP contribution in [-0.4, -0.2) is 30.1 Å². The minimum atomic E-state index is -3.69. The molecule has 2 aromatic carbocycles. The monoisotopic (exact) mass is 464 g/mol. The number of aromatic nitrogens is 2. The lowest BCUT2D eigenvalue weighted by atomic mass is 9.96. The summed E-state index contributed by atoms with van der Waals surface area (Å²) in [5.74, 6) is -0.104. The lowest BCUT2D eigenvalue weighted by Gasteiger charge is -2.15. The predicted octanol–water partition coefficient (Wildman–Crippen LogP) is 3.90. The summed E-state index contributed by atoms with van der Waals surface area (Å²) < 4.78 is 30.5. The van der Waals surface area contributed by atoms with Crippen LogP contribution >= 0.6 is 0 Å². The van der Waals surface area contributed by atoms with Crippen molar-refractivity contribution in [2.45, 2.75) is 50.6 Å². The van der Waals surface area contributed by atoms with Crippen LogP contribution in [0, 0.1) is 13.8 Å². The third-order valence-corrected chi connectivity index (χ3v) is 7.36. The topological polar surface area (TPSA) is 93.1 Å². The zero-order valence-electron chi connectivity index (χ0n) is 18.9. The summed E-state index contributed by atoms with van der Waals surface area (Å²) in [6.45, 7) is 6.18. The van der Waals surface area contributed by atoms with E-state index in [1.165, 1.54) is 24.6 Å². The number of aryl methyl sites for hydroxylation is 1. The first-order valence-corrected chi connectivity index (χ1v) is 12.4. The van der Waals surface area contributed by atoms with Gasteiger partial charge < -0.3 is 5.32 Å². The second-order valence-corrected chi connectivity index (χ2v) is 10.1. The highest BCUT2D eigenvalue weighted by Gasteiger charge is 2.28. The number of carbonyl (C=O) groups is 1. The Labute approximate surface area is 194 Å². The fraction of sp³-hybridized carbons (Fsp3) is 0.280. The Morgan fingerprint density at radius 3 is 2.42 bits per heavy atom. The molecule has 1 aromatic heterocycles. The number of nitrogens with zero attached hydrogens (tertiary/aromatic N) is 2. The second kappa shape index (κ2) is 9.33. The molecule has 2 unspecified atom stereocenters. The summed E-state index contributed by atoms with van der Waals surface area (Å²) in [7, 11) is -3.69. The smallest absolute Gasteiger partial charge is 0.241 e. The van der Waals surface area contributed by atoms with Gasteiger partial charge in [0.05, 0.1) is 17.1 Å². The molecule has 7 nitrogen and oxygen atoms in total. The van der Waals surface area contributed by atoms with Gasteiger partial charge in [0.2, 0.25) is 15.9 Å². The number of benzene rings is 2. The summed E-state index contributed by atoms with van der Waals surface area (Å²) in [4.78, 5) is 11.3. The molecule has 3 aromatic rings. The molecule has 0 bridgehead atoms. The largest absolute Gasteiger partial charge is 0.326 e. The van der Waals surface area contributed by atoms with Crippen LogP contribution in [0.4, 0.5) is 5.69 Å². The van der Waals surface area contributed by atoms with Gasteiger partial charge in [0.25, 0.3) is 0 Å². The molecule has 4 rings (SSSR count). The summed E-state index contributed by atoms with van der Waals surface area (Å²) >= 11 is 0. The van der Waals surface area contributed by atoms with E-state index in [0.717, 1.165) is 17.0 Å². The van der Waals surface area contributed by atoms with Gasteiger partial charge in [-0.25, -0.2) is 13.1 Å². The van der Waals surface area contributed by atoms with Crippen molar-refractivity contribution in [3.8, 4) is 0 Å². The van der Waals surface area contributed by atoms with Crippen molar-refractivity contribution >= 4 is 21.6 Å². The van der Waals surface area contributed by atoms with Crippen LogP contribution in [0.25, 0.3) is 0 Å². The first-order chi connectivity index (χ1) is 15.7. The van der Waals surface area contributed by atoms with Gasteiger partial charge in [-0.2, -0.15) is 5.10 Å². The summed E-state index contributed by atoms with van der Waals surface area (Å²) in [5.41, 5.74) is 4.97. The molecule has 2 N–H and O–H groups in total. The highest BCUT2D eigenvalue weighted by Crippen LogP contribution is 2.33. The Morgan fingerprint density at radius 1 is 1.06 bits per heavy atom. The molecule has 0 spiro atoms. The van der Waals surface area contributed by atoms with E-state index in [2.05, 4.69) is 35.2 Å². The van der Waals surface area contributed by atoms with Crippen LogP contribution in [0.3, 0.4) is 0 Å². The van der Waals surface area contributed by atoms with Crippen molar-refractivity contribution in [3.63, 3.8) is 0 Å². The normalized spacial score (nSPS) is 17.9. The van der Waals surface area contributed by atoms with E-state index < -0.39 is 10.0 Å². The van der Waals surface area contributed by atoms with Crippen molar-refractivity contribution < 1.29 is 13.2 Å². The van der Waals surface area contributed by atoms with Gasteiger partial charge in [-0.05, 0) is 50.1 Å². The third-order valence-electron chi connectivity index (χ3n) is 5.86. The molecule has 0 fully saturated rings. The molecular weight excluding hydrogens is 436 g/mol. The number of nitrogens with one attached hydrogen (secondary N) is 2. The van der Waals surface area contributed by atoms with Crippen molar-refractivity contribution in [2.24, 2.45) is 0 Å². The van der Waals surface area contributed by atoms with Crippen molar-refractivity contribution in [1.82, 2.24) is 14.5 Å². The predicted molar refractivity (Wildman–Crippen MR) is 129 cm³/mol. The van der Waals surface area contributed by atoms with Crippen LogP contribution < -0.4 is 10.0 Å². The number of allylic oxidation sites excluding steroid dienone is 1. The van der Waals surface area contributed by atoms with Gasteiger partial charge in [0, 0.05) is 35.8 Å². The summed E-state index contributed by atoms with van der Waals surface area (Å²) in [6, 6.07) is 16.0. The number of sulfonamides is 1. The number of hydrogen-bond acceptors (Lipinski definition) is 4. The molecule has 1 amide bonds. The minimum absolute atomic E-state index is 0.101. The Kier molecular flexibility index (Phi) is 6.49. The second-order valence-electron chi connectivity index (χ2n) is 8.39. The quantitative estimate of drug-likeness (QED) is 0.519. The molecule has 0 aliphatic heterocycles. The van der Waals surface area contributed by atoms with Crippen LogP contribution in [0.2, 0.25) is 0 Å². The first-order valence-electron chi connectivity index (χ1n) is 10.9. The van der Waals surface area contributed by atoms with E-state index in [-0.39, 0.29) is 22.8 Å². The summed E-state index contributed by atoms with van der Waals surface area (Å²) in [6.07, 6.45) is 4.63. The first kappa shape index (κ1) is 22.9. The summed E-state index contributed by atoms with van der Waals surface area (Å²) in [5, 5.41) is 7.38. The van der Waals surface area contributed by atoms with E-state index in [1.54, 1.807) is 12.1 Å². The maximum absolute atomic E-state index is 12.9. The maximum atomic E-state index is 12.9. The fourth-order valence-electron chi connectivity index (χ4n) is 4.35. The molecule has 0 saturated heterocycles. The molecule has 8 heteroatoms.